The highest BCUT2D eigenvalue weighted by Crippen LogP contribution is 2.43. The molecule has 0 saturated carbocycles. The molecule has 262 valence electrons. The van der Waals surface area contributed by atoms with Crippen LogP contribution in [0.1, 0.15) is 78.0 Å². The first kappa shape index (κ1) is 34.9. The lowest BCUT2D eigenvalue weighted by molar-refractivity contribution is 0.447. The van der Waals surface area contributed by atoms with Crippen molar-refractivity contribution in [2.24, 2.45) is 7.05 Å². The predicted molar refractivity (Wildman–Crippen MR) is 219 cm³/mol. The Labute approximate surface area is 308 Å². The van der Waals surface area contributed by atoms with E-state index >= 15 is 0 Å². The van der Waals surface area contributed by atoms with Gasteiger partial charge in [0.2, 0.25) is 0 Å². The van der Waals surface area contributed by atoms with Gasteiger partial charge in [-0.1, -0.05) is 128 Å². The molecule has 7 aromatic rings. The molecule has 0 bridgehead atoms. The van der Waals surface area contributed by atoms with Crippen LogP contribution in [0.4, 0.5) is 0 Å². The van der Waals surface area contributed by atoms with Crippen LogP contribution in [0.2, 0.25) is 0 Å². The first-order valence-corrected chi connectivity index (χ1v) is 18.3. The van der Waals surface area contributed by atoms with E-state index in [0.717, 1.165) is 67.1 Å². The Bertz CT molecular complexity index is 2400. The maximum atomic E-state index is 11.7. The number of hydrogen-bond acceptors (Lipinski definition) is 3. The van der Waals surface area contributed by atoms with Crippen LogP contribution < -0.4 is 0 Å². The predicted octanol–water partition coefficient (Wildman–Crippen LogP) is 12.7. The van der Waals surface area contributed by atoms with Gasteiger partial charge in [0.05, 0.1) is 22.3 Å². The van der Waals surface area contributed by atoms with Gasteiger partial charge < -0.3 is 9.67 Å². The van der Waals surface area contributed by atoms with Gasteiger partial charge in [-0.15, -0.1) is 0 Å². The van der Waals surface area contributed by atoms with E-state index in [1.54, 1.807) is 0 Å². The van der Waals surface area contributed by atoms with E-state index in [4.69, 9.17) is 9.97 Å². The summed E-state index contributed by atoms with van der Waals surface area (Å²) in [5.74, 6) is 1.35. The number of pyridine rings is 1. The smallest absolute Gasteiger partial charge is 0.144 e. The number of aryl methyl sites for hydroxylation is 1. The molecule has 0 spiro atoms. The van der Waals surface area contributed by atoms with Crippen LogP contribution in [-0.2, 0) is 17.9 Å². The highest BCUT2D eigenvalue weighted by atomic mass is 16.3. The fraction of sp³-hybridized carbons (Fsp3) is 0.250. The number of para-hydroxylation sites is 1. The molecule has 7 rings (SSSR count). The first-order valence-electron chi connectivity index (χ1n) is 18.3. The zero-order valence-electron chi connectivity index (χ0n) is 31.9. The van der Waals surface area contributed by atoms with Gasteiger partial charge >= 0.3 is 0 Å². The Morgan fingerprint density at radius 3 is 1.94 bits per heavy atom. The van der Waals surface area contributed by atoms with Crippen LogP contribution in [0.15, 0.2) is 121 Å². The molecule has 0 saturated heterocycles. The first-order chi connectivity index (χ1) is 24.7. The fourth-order valence-electron chi connectivity index (χ4n) is 7.08. The van der Waals surface area contributed by atoms with Gasteiger partial charge in [-0.3, -0.25) is 4.98 Å². The van der Waals surface area contributed by atoms with E-state index in [9.17, 15) is 5.11 Å². The lowest BCUT2D eigenvalue weighted by Gasteiger charge is -2.24. The van der Waals surface area contributed by atoms with Crippen molar-refractivity contribution >= 4 is 11.0 Å². The third-order valence-corrected chi connectivity index (χ3v) is 10.3. The number of phenolic OH excluding ortho intramolecular Hbond substituents is 1. The standard InChI is InChI=1S/C48H49N3O/c1-30(2)34-27-40(45(52)41(28-34)48(6,7)8)46-50-44-39(16-13-17-43(44)51(46)9)36-24-35(31-14-11-10-12-15-31)25-37(26-36)42-29-33(22-23-49-42)32-18-20-38(21-19-32)47(3,4)5/h10-30,52H,1-9H3. The zero-order valence-corrected chi connectivity index (χ0v) is 31.9. The minimum atomic E-state index is -0.227. The number of imidazole rings is 1. The molecule has 4 nitrogen and oxygen atoms in total. The molecule has 52 heavy (non-hydrogen) atoms. The van der Waals surface area contributed by atoms with E-state index in [0.29, 0.717) is 11.7 Å². The Balaban J connectivity index is 1.40. The van der Waals surface area contributed by atoms with Crippen LogP contribution in [0.3, 0.4) is 0 Å². The summed E-state index contributed by atoms with van der Waals surface area (Å²) >= 11 is 0. The van der Waals surface area contributed by atoms with E-state index < -0.39 is 0 Å². The van der Waals surface area contributed by atoms with E-state index in [1.165, 1.54) is 16.7 Å². The molecule has 0 aliphatic rings. The lowest BCUT2D eigenvalue weighted by atomic mass is 9.82. The minimum absolute atomic E-state index is 0.0985. The Morgan fingerprint density at radius 1 is 0.596 bits per heavy atom. The second-order valence-corrected chi connectivity index (χ2v) is 16.5. The minimum Gasteiger partial charge on any atom is -0.507 e. The van der Waals surface area contributed by atoms with E-state index in [2.05, 4.69) is 175 Å². The summed E-state index contributed by atoms with van der Waals surface area (Å²) in [7, 11) is 2.04. The third kappa shape index (κ3) is 6.66. The fourth-order valence-corrected chi connectivity index (χ4v) is 7.08. The number of rotatable bonds is 6. The molecule has 0 fully saturated rings. The molecule has 0 radical (unpaired) electrons. The molecule has 0 aliphatic carbocycles. The number of aromatic hydroxyl groups is 1. The van der Waals surface area contributed by atoms with Gasteiger partial charge in [0, 0.05) is 29.9 Å². The average Bonchev–Trinajstić information content (AvgIpc) is 3.47. The van der Waals surface area contributed by atoms with Crippen molar-refractivity contribution in [2.75, 3.05) is 0 Å². The Kier molecular flexibility index (Phi) is 8.90. The molecule has 5 aromatic carbocycles. The molecule has 0 aliphatic heterocycles. The molecule has 0 unspecified atom stereocenters. The average molecular weight is 684 g/mol. The summed E-state index contributed by atoms with van der Waals surface area (Å²) in [5, 5.41) is 11.7. The number of nitrogens with zero attached hydrogens (tertiary/aromatic N) is 3. The second kappa shape index (κ2) is 13.2. The van der Waals surface area contributed by atoms with Gasteiger partial charge in [0.1, 0.15) is 11.6 Å². The van der Waals surface area contributed by atoms with Crippen LogP contribution >= 0.6 is 0 Å². The van der Waals surface area contributed by atoms with Gasteiger partial charge in [-0.25, -0.2) is 4.98 Å². The molecular weight excluding hydrogens is 635 g/mol. The molecule has 4 heteroatoms. The lowest BCUT2D eigenvalue weighted by Crippen LogP contribution is -2.13. The van der Waals surface area contributed by atoms with E-state index in [-0.39, 0.29) is 10.8 Å². The molecule has 0 amide bonds. The molecule has 1 N–H and O–H groups in total. The molecular formula is C48H49N3O. The number of aromatic nitrogens is 3. The summed E-state index contributed by atoms with van der Waals surface area (Å²) in [5.41, 5.74) is 14.5. The number of phenols is 1. The van der Waals surface area contributed by atoms with Crippen LogP contribution in [0.25, 0.3) is 67.1 Å². The molecule has 2 aromatic heterocycles. The van der Waals surface area contributed by atoms with Crippen molar-refractivity contribution in [3.63, 3.8) is 0 Å². The maximum absolute atomic E-state index is 11.7. The second-order valence-electron chi connectivity index (χ2n) is 16.5. The van der Waals surface area contributed by atoms with Crippen LogP contribution in [0.5, 0.6) is 5.75 Å². The van der Waals surface area contributed by atoms with Gasteiger partial charge in [0.25, 0.3) is 0 Å². The van der Waals surface area contributed by atoms with Gasteiger partial charge in [0.15, 0.2) is 0 Å². The van der Waals surface area contributed by atoms with E-state index in [1.807, 2.05) is 13.2 Å². The van der Waals surface area contributed by atoms with Crippen LogP contribution in [0, 0.1) is 0 Å². The van der Waals surface area contributed by atoms with Crippen molar-refractivity contribution in [1.82, 2.24) is 14.5 Å². The van der Waals surface area contributed by atoms with Crippen molar-refractivity contribution in [3.05, 3.63) is 138 Å². The highest BCUT2D eigenvalue weighted by molar-refractivity contribution is 5.96. The Morgan fingerprint density at radius 2 is 1.27 bits per heavy atom. The SMILES string of the molecule is CC(C)c1cc(-c2nc3c(-c4cc(-c5ccccc5)cc(-c5cc(-c6ccc(C(C)(C)C)cc6)ccn5)c4)cccc3n2C)c(O)c(C(C)(C)C)c1. The van der Waals surface area contributed by atoms with Gasteiger partial charge in [-0.2, -0.15) is 0 Å². The van der Waals surface area contributed by atoms with Crippen molar-refractivity contribution in [2.45, 2.75) is 72.1 Å². The normalized spacial score (nSPS) is 12.2. The van der Waals surface area contributed by atoms with Gasteiger partial charge in [-0.05, 0) is 98.2 Å². The topological polar surface area (TPSA) is 50.9 Å². The summed E-state index contributed by atoms with van der Waals surface area (Å²) in [6.45, 7) is 17.6. The summed E-state index contributed by atoms with van der Waals surface area (Å²) < 4.78 is 2.11. The summed E-state index contributed by atoms with van der Waals surface area (Å²) in [6, 6.07) is 41.0. The van der Waals surface area contributed by atoms with Crippen molar-refractivity contribution in [1.29, 1.82) is 0 Å². The molecule has 2 heterocycles. The highest BCUT2D eigenvalue weighted by Gasteiger charge is 2.25. The van der Waals surface area contributed by atoms with Crippen molar-refractivity contribution < 1.29 is 5.11 Å². The summed E-state index contributed by atoms with van der Waals surface area (Å²) in [6.07, 6.45) is 1.91. The zero-order chi connectivity index (χ0) is 36.9. The Hall–Kier alpha value is -5.48. The number of fused-ring (bicyclic) bond motifs is 1. The quantitative estimate of drug-likeness (QED) is 0.190. The summed E-state index contributed by atoms with van der Waals surface area (Å²) in [4.78, 5) is 10.2. The van der Waals surface area contributed by atoms with Crippen LogP contribution in [-0.4, -0.2) is 19.6 Å². The largest absolute Gasteiger partial charge is 0.507 e. The maximum Gasteiger partial charge on any atom is 0.144 e. The third-order valence-electron chi connectivity index (χ3n) is 10.3. The van der Waals surface area contributed by atoms with Crippen molar-refractivity contribution in [3.8, 4) is 61.8 Å². The monoisotopic (exact) mass is 683 g/mol. The number of hydrogen-bond donors (Lipinski definition) is 1. The molecule has 0 atom stereocenters. The number of benzene rings is 5.